The predicted molar refractivity (Wildman–Crippen MR) is 75.8 cm³/mol. The predicted octanol–water partition coefficient (Wildman–Crippen LogP) is 4.40. The van der Waals surface area contributed by atoms with Gasteiger partial charge in [-0.05, 0) is 68.1 Å². The van der Waals surface area contributed by atoms with Gasteiger partial charge in [0.2, 0.25) is 0 Å². The van der Waals surface area contributed by atoms with Crippen molar-refractivity contribution in [3.05, 3.63) is 12.2 Å². The molecule has 3 rings (SSSR count). The van der Waals surface area contributed by atoms with E-state index in [-0.39, 0.29) is 5.92 Å². The van der Waals surface area contributed by atoms with Crippen molar-refractivity contribution in [1.29, 1.82) is 0 Å². The van der Waals surface area contributed by atoms with Gasteiger partial charge in [-0.15, -0.1) is 0 Å². The van der Waals surface area contributed by atoms with Crippen molar-refractivity contribution >= 4 is 5.97 Å². The third kappa shape index (κ3) is 1.79. The van der Waals surface area contributed by atoms with Gasteiger partial charge in [-0.2, -0.15) is 0 Å². The first kappa shape index (κ1) is 13.2. The topological polar surface area (TPSA) is 37.3 Å². The molecular formula is C17H26O2. The first-order valence-electron chi connectivity index (χ1n) is 7.89. The molecule has 4 atom stereocenters. The molecule has 2 heteroatoms. The molecule has 0 aromatic heterocycles. The number of carbonyl (C=O) groups is 1. The Hall–Kier alpha value is -0.790. The highest BCUT2D eigenvalue weighted by Crippen LogP contribution is 2.68. The van der Waals surface area contributed by atoms with Crippen molar-refractivity contribution in [3.8, 4) is 0 Å². The number of aliphatic carboxylic acids is 1. The van der Waals surface area contributed by atoms with Crippen LogP contribution >= 0.6 is 0 Å². The van der Waals surface area contributed by atoms with Crippen LogP contribution in [0.1, 0.15) is 64.7 Å². The minimum atomic E-state index is -0.583. The van der Waals surface area contributed by atoms with Gasteiger partial charge in [0.15, 0.2) is 0 Å². The number of carboxylic acid groups (broad SMARTS) is 1. The van der Waals surface area contributed by atoms with Crippen LogP contribution in [0.25, 0.3) is 0 Å². The summed E-state index contributed by atoms with van der Waals surface area (Å²) in [6, 6.07) is 0. The van der Waals surface area contributed by atoms with Gasteiger partial charge in [-0.25, -0.2) is 0 Å². The molecule has 0 bridgehead atoms. The van der Waals surface area contributed by atoms with Crippen LogP contribution in [0.3, 0.4) is 0 Å². The first-order chi connectivity index (χ1) is 8.98. The molecule has 3 aliphatic rings. The van der Waals surface area contributed by atoms with Crippen molar-refractivity contribution in [2.24, 2.45) is 22.7 Å². The second kappa shape index (κ2) is 4.36. The van der Waals surface area contributed by atoms with Crippen molar-refractivity contribution in [2.45, 2.75) is 64.7 Å². The summed E-state index contributed by atoms with van der Waals surface area (Å²) in [6.07, 6.45) is 10.3. The quantitative estimate of drug-likeness (QED) is 0.711. The molecule has 0 radical (unpaired) electrons. The van der Waals surface area contributed by atoms with Gasteiger partial charge < -0.3 is 5.11 Å². The summed E-state index contributed by atoms with van der Waals surface area (Å²) < 4.78 is 0. The van der Waals surface area contributed by atoms with Gasteiger partial charge in [0.05, 0.1) is 5.92 Å². The van der Waals surface area contributed by atoms with E-state index in [9.17, 15) is 9.90 Å². The van der Waals surface area contributed by atoms with Crippen molar-refractivity contribution < 1.29 is 9.90 Å². The Balaban J connectivity index is 1.95. The number of carboxylic acids is 1. The van der Waals surface area contributed by atoms with Gasteiger partial charge in [0.1, 0.15) is 0 Å². The Labute approximate surface area is 116 Å². The molecule has 1 spiro atoms. The lowest BCUT2D eigenvalue weighted by Gasteiger charge is -2.53. The highest BCUT2D eigenvalue weighted by molar-refractivity contribution is 5.70. The van der Waals surface area contributed by atoms with E-state index in [1.54, 1.807) is 0 Å². The van der Waals surface area contributed by atoms with E-state index < -0.39 is 5.97 Å². The van der Waals surface area contributed by atoms with E-state index in [0.717, 1.165) is 25.7 Å². The molecule has 0 aromatic rings. The normalized spacial score (nSPS) is 46.3. The number of hydrogen-bond acceptors (Lipinski definition) is 1. The molecule has 0 aliphatic heterocycles. The van der Waals surface area contributed by atoms with Crippen LogP contribution < -0.4 is 0 Å². The summed E-state index contributed by atoms with van der Waals surface area (Å²) in [5.41, 5.74) is 2.25. The van der Waals surface area contributed by atoms with Gasteiger partial charge in [-0.1, -0.05) is 25.5 Å². The molecule has 1 N–H and O–H groups in total. The standard InChI is InChI=1S/C17H26O2/c1-12-6-10-16(2)8-3-9-17(16)11-7-13(15(18)19)4-5-14(12)17/h13-14H,1,3-11H2,2H3,(H,18,19). The van der Waals surface area contributed by atoms with E-state index in [1.807, 2.05) is 0 Å². The maximum Gasteiger partial charge on any atom is 0.306 e. The molecule has 0 aromatic carbocycles. The molecule has 0 saturated heterocycles. The molecule has 3 saturated carbocycles. The summed E-state index contributed by atoms with van der Waals surface area (Å²) >= 11 is 0. The van der Waals surface area contributed by atoms with Crippen LogP contribution in [-0.2, 0) is 4.79 Å². The highest BCUT2D eigenvalue weighted by atomic mass is 16.4. The smallest absolute Gasteiger partial charge is 0.306 e. The minimum absolute atomic E-state index is 0.113. The van der Waals surface area contributed by atoms with Gasteiger partial charge >= 0.3 is 5.97 Å². The number of allylic oxidation sites excluding steroid dienone is 1. The fourth-order valence-electron chi connectivity index (χ4n) is 5.59. The van der Waals surface area contributed by atoms with Crippen LogP contribution in [0.2, 0.25) is 0 Å². The molecule has 2 nitrogen and oxygen atoms in total. The lowest BCUT2D eigenvalue weighted by atomic mass is 9.51. The first-order valence-corrected chi connectivity index (χ1v) is 7.89. The van der Waals surface area contributed by atoms with Crippen molar-refractivity contribution in [2.75, 3.05) is 0 Å². The monoisotopic (exact) mass is 262 g/mol. The average molecular weight is 262 g/mol. The third-order valence-electron chi connectivity index (χ3n) is 6.80. The molecule has 0 heterocycles. The zero-order valence-electron chi connectivity index (χ0n) is 12.1. The Bertz CT molecular complexity index is 413. The lowest BCUT2D eigenvalue weighted by Crippen LogP contribution is -2.45. The van der Waals surface area contributed by atoms with Crippen LogP contribution in [0, 0.1) is 22.7 Å². The highest BCUT2D eigenvalue weighted by Gasteiger charge is 2.58. The summed E-state index contributed by atoms with van der Waals surface area (Å²) in [6.45, 7) is 6.82. The van der Waals surface area contributed by atoms with E-state index in [2.05, 4.69) is 13.5 Å². The average Bonchev–Trinajstić information content (AvgIpc) is 2.57. The zero-order valence-corrected chi connectivity index (χ0v) is 12.1. The van der Waals surface area contributed by atoms with Gasteiger partial charge in [-0.3, -0.25) is 4.79 Å². The van der Waals surface area contributed by atoms with E-state index >= 15 is 0 Å². The Morgan fingerprint density at radius 1 is 1.21 bits per heavy atom. The third-order valence-corrected chi connectivity index (χ3v) is 6.80. The van der Waals surface area contributed by atoms with Crippen molar-refractivity contribution in [3.63, 3.8) is 0 Å². The van der Waals surface area contributed by atoms with Gasteiger partial charge in [0.25, 0.3) is 0 Å². The number of hydrogen-bond donors (Lipinski definition) is 1. The lowest BCUT2D eigenvalue weighted by molar-refractivity contribution is -0.142. The minimum Gasteiger partial charge on any atom is -0.481 e. The van der Waals surface area contributed by atoms with E-state index in [1.165, 1.54) is 37.7 Å². The van der Waals surface area contributed by atoms with Crippen LogP contribution in [0.15, 0.2) is 12.2 Å². The Morgan fingerprint density at radius 2 is 2.00 bits per heavy atom. The molecule has 3 aliphatic carbocycles. The summed E-state index contributed by atoms with van der Waals surface area (Å²) in [4.78, 5) is 11.3. The maximum absolute atomic E-state index is 11.3. The van der Waals surface area contributed by atoms with Crippen LogP contribution in [0.5, 0.6) is 0 Å². The van der Waals surface area contributed by atoms with Crippen LogP contribution in [0.4, 0.5) is 0 Å². The van der Waals surface area contributed by atoms with Crippen LogP contribution in [-0.4, -0.2) is 11.1 Å². The van der Waals surface area contributed by atoms with E-state index in [0.29, 0.717) is 16.7 Å². The molecule has 3 fully saturated rings. The molecular weight excluding hydrogens is 236 g/mol. The molecule has 19 heavy (non-hydrogen) atoms. The second-order valence-electron chi connectivity index (χ2n) is 7.43. The fourth-order valence-corrected chi connectivity index (χ4v) is 5.59. The van der Waals surface area contributed by atoms with E-state index in [4.69, 9.17) is 0 Å². The molecule has 4 unspecified atom stereocenters. The fraction of sp³-hybridized carbons (Fsp3) is 0.824. The molecule has 0 amide bonds. The van der Waals surface area contributed by atoms with Crippen molar-refractivity contribution in [1.82, 2.24) is 0 Å². The summed E-state index contributed by atoms with van der Waals surface area (Å²) in [7, 11) is 0. The maximum atomic E-state index is 11.3. The number of rotatable bonds is 1. The second-order valence-corrected chi connectivity index (χ2v) is 7.43. The zero-order chi connectivity index (χ0) is 13.7. The summed E-state index contributed by atoms with van der Waals surface area (Å²) in [5.74, 6) is -0.101. The Morgan fingerprint density at radius 3 is 2.74 bits per heavy atom. The Kier molecular flexibility index (Phi) is 3.03. The SMILES string of the molecule is C=C1CCC2(C)CCCC23CCC(C(=O)O)CCC13. The largest absolute Gasteiger partial charge is 0.481 e. The molecule has 106 valence electrons. The summed E-state index contributed by atoms with van der Waals surface area (Å²) in [5, 5.41) is 9.34. The van der Waals surface area contributed by atoms with Gasteiger partial charge in [0, 0.05) is 0 Å².